The minimum atomic E-state index is 0.0609. The van der Waals surface area contributed by atoms with E-state index >= 15 is 0 Å². The van der Waals surface area contributed by atoms with Gasteiger partial charge in [-0.05, 0) is 13.3 Å². The molecule has 17 heavy (non-hydrogen) atoms. The van der Waals surface area contributed by atoms with Crippen LogP contribution in [0.3, 0.4) is 0 Å². The molecule has 0 aliphatic rings. The molecule has 1 atom stereocenters. The SMILES string of the molecule is CCC(C)NC(=O)CCNCCC(=O)N(C)C. The van der Waals surface area contributed by atoms with Gasteiger partial charge in [-0.2, -0.15) is 0 Å². The summed E-state index contributed by atoms with van der Waals surface area (Å²) in [5.41, 5.74) is 0. The monoisotopic (exact) mass is 243 g/mol. The zero-order valence-corrected chi connectivity index (χ0v) is 11.4. The number of nitrogens with zero attached hydrogens (tertiary/aromatic N) is 1. The van der Waals surface area contributed by atoms with E-state index in [-0.39, 0.29) is 17.9 Å². The van der Waals surface area contributed by atoms with Crippen molar-refractivity contribution >= 4 is 11.8 Å². The Morgan fingerprint density at radius 3 is 2.29 bits per heavy atom. The molecule has 0 aliphatic carbocycles. The first-order valence-electron chi connectivity index (χ1n) is 6.17. The Bertz CT molecular complexity index is 242. The Kier molecular flexibility index (Phi) is 8.40. The van der Waals surface area contributed by atoms with Gasteiger partial charge in [0.15, 0.2) is 0 Å². The maximum Gasteiger partial charge on any atom is 0.223 e. The summed E-state index contributed by atoms with van der Waals surface area (Å²) in [4.78, 5) is 24.2. The average Bonchev–Trinajstić information content (AvgIpc) is 2.27. The number of rotatable bonds is 8. The molecule has 1 unspecified atom stereocenters. The molecule has 100 valence electrons. The molecule has 2 N–H and O–H groups in total. The normalized spacial score (nSPS) is 12.0. The van der Waals surface area contributed by atoms with E-state index in [9.17, 15) is 9.59 Å². The Hall–Kier alpha value is -1.10. The van der Waals surface area contributed by atoms with Gasteiger partial charge in [-0.1, -0.05) is 6.92 Å². The van der Waals surface area contributed by atoms with Gasteiger partial charge in [0.05, 0.1) is 0 Å². The highest BCUT2D eigenvalue weighted by Gasteiger charge is 2.05. The number of amides is 2. The van der Waals surface area contributed by atoms with Crippen molar-refractivity contribution in [1.29, 1.82) is 0 Å². The molecule has 0 rings (SSSR count). The molecule has 0 heterocycles. The third kappa shape index (κ3) is 8.68. The summed E-state index contributed by atoms with van der Waals surface area (Å²) in [5, 5.41) is 5.98. The zero-order valence-electron chi connectivity index (χ0n) is 11.4. The van der Waals surface area contributed by atoms with Crippen molar-refractivity contribution in [2.45, 2.75) is 39.2 Å². The molecule has 5 nitrogen and oxygen atoms in total. The van der Waals surface area contributed by atoms with Crippen LogP contribution in [0.5, 0.6) is 0 Å². The average molecular weight is 243 g/mol. The molecule has 0 aromatic carbocycles. The standard InChI is InChI=1S/C12H25N3O2/c1-5-10(2)14-11(16)6-8-13-9-7-12(17)15(3)4/h10,13H,5-9H2,1-4H3,(H,14,16). The van der Waals surface area contributed by atoms with E-state index in [2.05, 4.69) is 10.6 Å². The van der Waals surface area contributed by atoms with Gasteiger partial charge < -0.3 is 15.5 Å². The van der Waals surface area contributed by atoms with Crippen molar-refractivity contribution in [3.63, 3.8) is 0 Å². The first-order valence-corrected chi connectivity index (χ1v) is 6.17. The van der Waals surface area contributed by atoms with Crippen LogP contribution in [0.2, 0.25) is 0 Å². The fraction of sp³-hybridized carbons (Fsp3) is 0.833. The first-order chi connectivity index (χ1) is 7.97. The molecule has 0 fully saturated rings. The number of nitrogens with one attached hydrogen (secondary N) is 2. The minimum absolute atomic E-state index is 0.0609. The summed E-state index contributed by atoms with van der Waals surface area (Å²) >= 11 is 0. The van der Waals surface area contributed by atoms with Gasteiger partial charge >= 0.3 is 0 Å². The molecule has 0 aromatic rings. The van der Waals surface area contributed by atoms with Crippen LogP contribution in [-0.4, -0.2) is 49.9 Å². The highest BCUT2D eigenvalue weighted by Crippen LogP contribution is 1.89. The van der Waals surface area contributed by atoms with E-state index in [1.54, 1.807) is 19.0 Å². The van der Waals surface area contributed by atoms with E-state index in [1.165, 1.54) is 0 Å². The van der Waals surface area contributed by atoms with Crippen LogP contribution in [-0.2, 0) is 9.59 Å². The van der Waals surface area contributed by atoms with E-state index < -0.39 is 0 Å². The van der Waals surface area contributed by atoms with Gasteiger partial charge in [-0.25, -0.2) is 0 Å². The second kappa shape index (κ2) is 8.98. The molecule has 0 saturated carbocycles. The van der Waals surface area contributed by atoms with Crippen molar-refractivity contribution in [1.82, 2.24) is 15.5 Å². The molecule has 0 aliphatic heterocycles. The van der Waals surface area contributed by atoms with Gasteiger partial charge in [-0.15, -0.1) is 0 Å². The van der Waals surface area contributed by atoms with Crippen LogP contribution in [0.4, 0.5) is 0 Å². The van der Waals surface area contributed by atoms with Crippen molar-refractivity contribution in [3.05, 3.63) is 0 Å². The van der Waals surface area contributed by atoms with Crippen molar-refractivity contribution in [2.24, 2.45) is 0 Å². The predicted octanol–water partition coefficient (Wildman–Crippen LogP) is 0.359. The molecular weight excluding hydrogens is 218 g/mol. The predicted molar refractivity (Wildman–Crippen MR) is 68.7 cm³/mol. The van der Waals surface area contributed by atoms with Crippen LogP contribution in [0.1, 0.15) is 33.1 Å². The number of hydrogen-bond donors (Lipinski definition) is 2. The Balaban J connectivity index is 3.45. The molecule has 0 saturated heterocycles. The summed E-state index contributed by atoms with van der Waals surface area (Å²) in [6, 6.07) is 0.234. The van der Waals surface area contributed by atoms with Crippen molar-refractivity contribution < 1.29 is 9.59 Å². The van der Waals surface area contributed by atoms with Crippen LogP contribution >= 0.6 is 0 Å². The van der Waals surface area contributed by atoms with Gasteiger partial charge in [-0.3, -0.25) is 9.59 Å². The van der Waals surface area contributed by atoms with Gasteiger partial charge in [0, 0.05) is 46.1 Å². The third-order valence-electron chi connectivity index (χ3n) is 2.56. The van der Waals surface area contributed by atoms with Crippen LogP contribution in [0, 0.1) is 0 Å². The fourth-order valence-corrected chi connectivity index (χ4v) is 1.19. The maximum absolute atomic E-state index is 11.4. The van der Waals surface area contributed by atoms with Crippen molar-refractivity contribution in [2.75, 3.05) is 27.2 Å². The van der Waals surface area contributed by atoms with E-state index in [0.717, 1.165) is 6.42 Å². The molecule has 0 bridgehead atoms. The Morgan fingerprint density at radius 1 is 1.18 bits per heavy atom. The number of carbonyl (C=O) groups is 2. The third-order valence-corrected chi connectivity index (χ3v) is 2.56. The summed E-state index contributed by atoms with van der Waals surface area (Å²) in [5.74, 6) is 0.160. The number of carbonyl (C=O) groups excluding carboxylic acids is 2. The second-order valence-electron chi connectivity index (χ2n) is 4.41. The van der Waals surface area contributed by atoms with E-state index in [1.807, 2.05) is 13.8 Å². The smallest absolute Gasteiger partial charge is 0.223 e. The molecule has 0 radical (unpaired) electrons. The lowest BCUT2D eigenvalue weighted by molar-refractivity contribution is -0.128. The largest absolute Gasteiger partial charge is 0.354 e. The van der Waals surface area contributed by atoms with E-state index in [4.69, 9.17) is 0 Å². The maximum atomic E-state index is 11.4. The Morgan fingerprint density at radius 2 is 1.76 bits per heavy atom. The molecule has 0 spiro atoms. The quantitative estimate of drug-likeness (QED) is 0.605. The van der Waals surface area contributed by atoms with Gasteiger partial charge in [0.2, 0.25) is 11.8 Å². The lowest BCUT2D eigenvalue weighted by Crippen LogP contribution is -2.34. The molecule has 5 heteroatoms. The highest BCUT2D eigenvalue weighted by molar-refractivity contribution is 5.76. The summed E-state index contributed by atoms with van der Waals surface area (Å²) in [6.07, 6.45) is 1.87. The van der Waals surface area contributed by atoms with Crippen molar-refractivity contribution in [3.8, 4) is 0 Å². The van der Waals surface area contributed by atoms with Crippen LogP contribution in [0.15, 0.2) is 0 Å². The molecular formula is C12H25N3O2. The minimum Gasteiger partial charge on any atom is -0.354 e. The zero-order chi connectivity index (χ0) is 13.3. The Labute approximate surface area is 104 Å². The van der Waals surface area contributed by atoms with E-state index in [0.29, 0.717) is 25.9 Å². The fourth-order valence-electron chi connectivity index (χ4n) is 1.19. The molecule has 2 amide bonds. The summed E-state index contributed by atoms with van der Waals surface area (Å²) in [6.45, 7) is 5.26. The number of hydrogen-bond acceptors (Lipinski definition) is 3. The first kappa shape index (κ1) is 15.9. The van der Waals surface area contributed by atoms with Gasteiger partial charge in [0.1, 0.15) is 0 Å². The summed E-state index contributed by atoms with van der Waals surface area (Å²) in [7, 11) is 3.48. The summed E-state index contributed by atoms with van der Waals surface area (Å²) < 4.78 is 0. The lowest BCUT2D eigenvalue weighted by Gasteiger charge is -2.12. The highest BCUT2D eigenvalue weighted by atomic mass is 16.2. The molecule has 0 aromatic heterocycles. The lowest BCUT2D eigenvalue weighted by atomic mass is 10.2. The topological polar surface area (TPSA) is 61.4 Å². The second-order valence-corrected chi connectivity index (χ2v) is 4.41. The van der Waals surface area contributed by atoms with Crippen LogP contribution in [0.25, 0.3) is 0 Å². The van der Waals surface area contributed by atoms with Crippen LogP contribution < -0.4 is 10.6 Å². The van der Waals surface area contributed by atoms with Gasteiger partial charge in [0.25, 0.3) is 0 Å².